The normalized spacial score (nSPS) is 24.0. The van der Waals surface area contributed by atoms with E-state index in [1.54, 1.807) is 40.9 Å². The van der Waals surface area contributed by atoms with Crippen LogP contribution in [0.2, 0.25) is 0 Å². The molecule has 4 rings (SSSR count). The largest absolute Gasteiger partial charge is 0.324 e. The van der Waals surface area contributed by atoms with Crippen LogP contribution < -0.4 is 5.32 Å². The molecule has 2 heterocycles. The van der Waals surface area contributed by atoms with Gasteiger partial charge in [0.25, 0.3) is 0 Å². The summed E-state index contributed by atoms with van der Waals surface area (Å²) in [6.45, 7) is 1.51. The Labute approximate surface area is 162 Å². The third-order valence-electron chi connectivity index (χ3n) is 5.21. The molecular weight excluding hydrogens is 360 g/mol. The molecule has 0 saturated carbocycles. The van der Waals surface area contributed by atoms with E-state index in [0.29, 0.717) is 23.4 Å². The second-order valence-electron chi connectivity index (χ2n) is 6.86. The zero-order chi connectivity index (χ0) is 19.0. The Bertz CT molecular complexity index is 897. The number of amides is 2. The minimum Gasteiger partial charge on any atom is -0.324 e. The lowest BCUT2D eigenvalue weighted by molar-refractivity contribution is -0.136. The van der Waals surface area contributed by atoms with Gasteiger partial charge in [-0.2, -0.15) is 0 Å². The number of carbonyl (C=O) groups excluding carboxylic acids is 3. The molecule has 2 saturated heterocycles. The van der Waals surface area contributed by atoms with Crippen molar-refractivity contribution in [2.75, 3.05) is 11.1 Å². The number of ketones is 1. The van der Waals surface area contributed by atoms with Crippen molar-refractivity contribution in [2.24, 2.45) is 0 Å². The monoisotopic (exact) mass is 380 g/mol. The first-order valence-corrected chi connectivity index (χ1v) is 9.93. The summed E-state index contributed by atoms with van der Waals surface area (Å²) in [5.41, 5.74) is 2.29. The van der Waals surface area contributed by atoms with Crippen molar-refractivity contribution in [3.8, 4) is 0 Å². The Morgan fingerprint density at radius 3 is 2.48 bits per heavy atom. The standard InChI is InChI=1S/C21H20N2O3S/c1-14(24)15-7-9-17(10-8-15)22-20(26)18-13-27-21(12-11-19(25)23(18)21)16-5-3-2-4-6-16/h2-10,18H,11-13H2,1H3,(H,22,26)/t18-,21+/m0/s1. The molecule has 1 N–H and O–H groups in total. The summed E-state index contributed by atoms with van der Waals surface area (Å²) in [6.07, 6.45) is 1.18. The van der Waals surface area contributed by atoms with Gasteiger partial charge in [-0.3, -0.25) is 14.4 Å². The fourth-order valence-electron chi connectivity index (χ4n) is 3.85. The highest BCUT2D eigenvalue weighted by Gasteiger charge is 2.56. The Hall–Kier alpha value is -2.60. The zero-order valence-electron chi connectivity index (χ0n) is 15.0. The van der Waals surface area contributed by atoms with Gasteiger partial charge < -0.3 is 10.2 Å². The lowest BCUT2D eigenvalue weighted by Gasteiger charge is -2.34. The third-order valence-corrected chi connectivity index (χ3v) is 6.81. The molecule has 2 aromatic rings. The number of nitrogens with zero attached hydrogens (tertiary/aromatic N) is 1. The van der Waals surface area contributed by atoms with E-state index in [-0.39, 0.29) is 17.6 Å². The highest BCUT2D eigenvalue weighted by Crippen LogP contribution is 2.54. The first-order chi connectivity index (χ1) is 13.0. The van der Waals surface area contributed by atoms with Gasteiger partial charge in [0.15, 0.2) is 5.78 Å². The molecule has 6 heteroatoms. The number of Topliss-reactive ketones (excluding diaryl/α,β-unsaturated/α-hetero) is 1. The van der Waals surface area contributed by atoms with E-state index in [1.165, 1.54) is 6.92 Å². The van der Waals surface area contributed by atoms with Crippen LogP contribution in [0.1, 0.15) is 35.7 Å². The van der Waals surface area contributed by atoms with E-state index in [0.717, 1.165) is 12.0 Å². The number of carbonyl (C=O) groups is 3. The van der Waals surface area contributed by atoms with Gasteiger partial charge in [-0.1, -0.05) is 30.3 Å². The van der Waals surface area contributed by atoms with E-state index in [9.17, 15) is 14.4 Å². The minimum atomic E-state index is -0.502. The molecule has 2 aliphatic rings. The second-order valence-corrected chi connectivity index (χ2v) is 8.16. The lowest BCUT2D eigenvalue weighted by Crippen LogP contribution is -2.48. The van der Waals surface area contributed by atoms with E-state index in [1.807, 2.05) is 30.3 Å². The van der Waals surface area contributed by atoms with E-state index < -0.39 is 10.9 Å². The van der Waals surface area contributed by atoms with Crippen LogP contribution in [0.3, 0.4) is 0 Å². The van der Waals surface area contributed by atoms with Gasteiger partial charge in [0.05, 0.1) is 0 Å². The van der Waals surface area contributed by atoms with Gasteiger partial charge in [-0.05, 0) is 43.2 Å². The van der Waals surface area contributed by atoms with Crippen molar-refractivity contribution in [1.82, 2.24) is 4.90 Å². The number of benzene rings is 2. The zero-order valence-corrected chi connectivity index (χ0v) is 15.8. The predicted molar refractivity (Wildman–Crippen MR) is 106 cm³/mol. The fourth-order valence-corrected chi connectivity index (χ4v) is 5.50. The van der Waals surface area contributed by atoms with Crippen molar-refractivity contribution in [3.63, 3.8) is 0 Å². The summed E-state index contributed by atoms with van der Waals surface area (Å²) in [4.78, 5) is 38.2. The van der Waals surface area contributed by atoms with E-state index >= 15 is 0 Å². The van der Waals surface area contributed by atoms with E-state index in [2.05, 4.69) is 5.32 Å². The summed E-state index contributed by atoms with van der Waals surface area (Å²) < 4.78 is 0. The molecule has 0 aliphatic carbocycles. The maximum absolute atomic E-state index is 12.9. The van der Waals surface area contributed by atoms with Crippen LogP contribution >= 0.6 is 11.8 Å². The SMILES string of the molecule is CC(=O)c1ccc(NC(=O)[C@@H]2CS[C@@]3(c4ccccc4)CCC(=O)N23)cc1. The molecule has 27 heavy (non-hydrogen) atoms. The van der Waals surface area contributed by atoms with Gasteiger partial charge in [0.1, 0.15) is 10.9 Å². The molecule has 2 aliphatic heterocycles. The van der Waals surface area contributed by atoms with E-state index in [4.69, 9.17) is 0 Å². The minimum absolute atomic E-state index is 0.0182. The summed E-state index contributed by atoms with van der Waals surface area (Å²) in [5, 5.41) is 2.89. The molecule has 0 unspecified atom stereocenters. The van der Waals surface area contributed by atoms with Crippen molar-refractivity contribution < 1.29 is 14.4 Å². The molecule has 0 spiro atoms. The highest BCUT2D eigenvalue weighted by atomic mass is 32.2. The molecule has 138 valence electrons. The van der Waals surface area contributed by atoms with Gasteiger partial charge in [0, 0.05) is 23.4 Å². The number of hydrogen-bond donors (Lipinski definition) is 1. The van der Waals surface area contributed by atoms with Crippen molar-refractivity contribution >= 4 is 35.0 Å². The van der Waals surface area contributed by atoms with Crippen LogP contribution in [-0.2, 0) is 14.5 Å². The number of hydrogen-bond acceptors (Lipinski definition) is 4. The molecule has 0 radical (unpaired) electrons. The quantitative estimate of drug-likeness (QED) is 0.826. The summed E-state index contributed by atoms with van der Waals surface area (Å²) in [7, 11) is 0. The van der Waals surface area contributed by atoms with Crippen LogP contribution in [0, 0.1) is 0 Å². The van der Waals surface area contributed by atoms with Crippen LogP contribution in [0.5, 0.6) is 0 Å². The van der Waals surface area contributed by atoms with Gasteiger partial charge in [0.2, 0.25) is 11.8 Å². The molecule has 5 nitrogen and oxygen atoms in total. The average Bonchev–Trinajstić information content (AvgIpc) is 3.22. The first-order valence-electron chi connectivity index (χ1n) is 8.95. The number of thioether (sulfide) groups is 1. The first kappa shape index (κ1) is 17.8. The molecule has 2 fully saturated rings. The second kappa shape index (κ2) is 6.85. The average molecular weight is 380 g/mol. The molecule has 2 atom stereocenters. The fraction of sp³-hybridized carbons (Fsp3) is 0.286. The Kier molecular flexibility index (Phi) is 4.52. The van der Waals surface area contributed by atoms with Crippen molar-refractivity contribution in [3.05, 3.63) is 65.7 Å². The number of fused-ring (bicyclic) bond motifs is 1. The predicted octanol–water partition coefficient (Wildman–Crippen LogP) is 3.42. The van der Waals surface area contributed by atoms with Gasteiger partial charge >= 0.3 is 0 Å². The number of rotatable bonds is 4. The molecule has 0 aromatic heterocycles. The molecule has 2 aromatic carbocycles. The number of anilines is 1. The Morgan fingerprint density at radius 1 is 1.11 bits per heavy atom. The highest BCUT2D eigenvalue weighted by molar-refractivity contribution is 8.00. The van der Waals surface area contributed by atoms with Gasteiger partial charge in [-0.25, -0.2) is 0 Å². The van der Waals surface area contributed by atoms with Crippen LogP contribution in [0.4, 0.5) is 5.69 Å². The van der Waals surface area contributed by atoms with Crippen LogP contribution in [0.15, 0.2) is 54.6 Å². The maximum Gasteiger partial charge on any atom is 0.248 e. The summed E-state index contributed by atoms with van der Waals surface area (Å²) >= 11 is 1.67. The Morgan fingerprint density at radius 2 is 1.81 bits per heavy atom. The van der Waals surface area contributed by atoms with Crippen molar-refractivity contribution in [2.45, 2.75) is 30.7 Å². The van der Waals surface area contributed by atoms with Gasteiger partial charge in [-0.15, -0.1) is 11.8 Å². The topological polar surface area (TPSA) is 66.5 Å². The smallest absolute Gasteiger partial charge is 0.248 e. The summed E-state index contributed by atoms with van der Waals surface area (Å²) in [6, 6.07) is 16.3. The molecule has 2 amide bonds. The lowest BCUT2D eigenvalue weighted by atomic mass is 10.0. The Balaban J connectivity index is 1.56. The molecular formula is C21H20N2O3S. The van der Waals surface area contributed by atoms with Crippen LogP contribution in [0.25, 0.3) is 0 Å². The van der Waals surface area contributed by atoms with Crippen LogP contribution in [-0.4, -0.2) is 34.3 Å². The number of nitrogens with one attached hydrogen (secondary N) is 1. The summed E-state index contributed by atoms with van der Waals surface area (Å²) in [5.74, 6) is 0.385. The third kappa shape index (κ3) is 3.04. The van der Waals surface area contributed by atoms with Crippen molar-refractivity contribution in [1.29, 1.82) is 0 Å². The molecule has 0 bridgehead atoms. The maximum atomic E-state index is 12.9.